The van der Waals surface area contributed by atoms with Crippen LogP contribution in [0.2, 0.25) is 0 Å². The third kappa shape index (κ3) is 3.62. The predicted molar refractivity (Wildman–Crippen MR) is 178 cm³/mol. The summed E-state index contributed by atoms with van der Waals surface area (Å²) in [5, 5.41) is 0. The van der Waals surface area contributed by atoms with Crippen LogP contribution in [0.5, 0.6) is 0 Å². The van der Waals surface area contributed by atoms with Gasteiger partial charge in [0.15, 0.2) is 0 Å². The summed E-state index contributed by atoms with van der Waals surface area (Å²) in [5.41, 5.74) is 3.72. The Morgan fingerprint density at radius 3 is 2.16 bits per heavy atom. The molecule has 0 radical (unpaired) electrons. The number of rotatable bonds is 5. The van der Waals surface area contributed by atoms with Crippen molar-refractivity contribution in [1.29, 1.82) is 0 Å². The molecule has 1 aromatic rings. The fourth-order valence-corrected chi connectivity index (χ4v) is 14.2. The Balaban J connectivity index is 1.27. The number of ether oxygens (including phenoxy) is 1. The maximum Gasteiger partial charge on any atom is 0.337 e. The number of allylic oxidation sites excluding steroid dienone is 3. The molecule has 5 saturated carbocycles. The van der Waals surface area contributed by atoms with Crippen LogP contribution < -0.4 is 0 Å². The lowest BCUT2D eigenvalue weighted by Gasteiger charge is -2.75. The first-order valence-electron chi connectivity index (χ1n) is 17.8. The largest absolute Gasteiger partial charge is 0.465 e. The number of carbonyl (C=O) groups excluding carboxylic acids is 2. The van der Waals surface area contributed by atoms with Gasteiger partial charge < -0.3 is 9.53 Å². The molecule has 3 nitrogen and oxygen atoms in total. The summed E-state index contributed by atoms with van der Waals surface area (Å²) in [7, 11) is 1.44. The Hall–Kier alpha value is -2.16. The minimum Gasteiger partial charge on any atom is -0.465 e. The molecule has 1 aromatic carbocycles. The molecule has 3 heteroatoms. The van der Waals surface area contributed by atoms with Gasteiger partial charge in [0.2, 0.25) is 0 Å². The second-order valence-electron chi connectivity index (χ2n) is 17.7. The monoisotopic (exact) mass is 596 g/mol. The third-order valence-electron chi connectivity index (χ3n) is 16.2. The Morgan fingerprint density at radius 1 is 0.886 bits per heavy atom. The minimum absolute atomic E-state index is 0.00420. The van der Waals surface area contributed by atoms with Crippen molar-refractivity contribution >= 4 is 17.8 Å². The van der Waals surface area contributed by atoms with Gasteiger partial charge in [0.25, 0.3) is 0 Å². The van der Waals surface area contributed by atoms with E-state index in [1.165, 1.54) is 69.5 Å². The molecule has 7 rings (SSSR count). The van der Waals surface area contributed by atoms with Gasteiger partial charge in [-0.2, -0.15) is 0 Å². The molecule has 0 bridgehead atoms. The van der Waals surface area contributed by atoms with Crippen LogP contribution in [0.4, 0.5) is 0 Å². The molecule has 6 aliphatic rings. The number of hydrogen-bond donors (Lipinski definition) is 0. The van der Waals surface area contributed by atoms with E-state index >= 15 is 0 Å². The van der Waals surface area contributed by atoms with Crippen LogP contribution in [0.1, 0.15) is 122 Å². The summed E-state index contributed by atoms with van der Waals surface area (Å²) in [6.07, 6.45) is 18.5. The zero-order chi connectivity index (χ0) is 31.5. The van der Waals surface area contributed by atoms with Crippen LogP contribution in [0.15, 0.2) is 43.0 Å². The number of hydrogen-bond acceptors (Lipinski definition) is 3. The molecule has 0 aliphatic heterocycles. The number of fused-ring (bicyclic) bond motifs is 7. The van der Waals surface area contributed by atoms with E-state index in [4.69, 9.17) is 11.3 Å². The molecule has 44 heavy (non-hydrogen) atoms. The zero-order valence-electron chi connectivity index (χ0n) is 28.5. The van der Waals surface area contributed by atoms with Gasteiger partial charge in [0, 0.05) is 5.41 Å². The van der Waals surface area contributed by atoms with Crippen molar-refractivity contribution in [1.82, 2.24) is 0 Å². The molecule has 0 saturated heterocycles. The molecule has 11 atom stereocenters. The molecule has 5 fully saturated rings. The number of carbonyl (C=O) groups is 2. The highest BCUT2D eigenvalue weighted by molar-refractivity contribution is 5.90. The van der Waals surface area contributed by atoms with E-state index in [2.05, 4.69) is 65.8 Å². The van der Waals surface area contributed by atoms with Crippen molar-refractivity contribution in [2.24, 2.45) is 68.0 Å². The number of aldehydes is 1. The van der Waals surface area contributed by atoms with Gasteiger partial charge >= 0.3 is 5.97 Å². The summed E-state index contributed by atoms with van der Waals surface area (Å²) in [5.74, 6) is 3.85. The molecule has 238 valence electrons. The number of methoxy groups -OCH3 is 1. The lowest BCUT2D eigenvalue weighted by molar-refractivity contribution is -0.246. The molecule has 0 amide bonds. The highest BCUT2D eigenvalue weighted by Gasteiger charge is 2.75. The van der Waals surface area contributed by atoms with E-state index < -0.39 is 0 Å². The van der Waals surface area contributed by atoms with Gasteiger partial charge in [-0.3, -0.25) is 0 Å². The average Bonchev–Trinajstić information content (AvgIpc) is 3.59. The van der Waals surface area contributed by atoms with Crippen molar-refractivity contribution in [2.75, 3.05) is 7.11 Å². The molecule has 0 N–H and O–H groups in total. The SMILES string of the molecule is C=C[C@]12CC[C@]3(C)C4[C@H](C5CC5C)CCC4(C=O)CCC3[C@]1(C)CCC1C(C)(C)C(c3ccc(C(=O)OC)cc3)=CCC12C. The van der Waals surface area contributed by atoms with Crippen molar-refractivity contribution in [3.8, 4) is 0 Å². The summed E-state index contributed by atoms with van der Waals surface area (Å²) < 4.78 is 4.95. The Bertz CT molecular complexity index is 1400. The van der Waals surface area contributed by atoms with Crippen molar-refractivity contribution in [2.45, 2.75) is 106 Å². The summed E-state index contributed by atoms with van der Waals surface area (Å²) in [4.78, 5) is 25.1. The second kappa shape index (κ2) is 9.68. The first kappa shape index (κ1) is 30.5. The maximum absolute atomic E-state index is 13.0. The average molecular weight is 597 g/mol. The molecule has 0 aromatic heterocycles. The van der Waals surface area contributed by atoms with E-state index in [-0.39, 0.29) is 38.5 Å². The summed E-state index contributed by atoms with van der Waals surface area (Å²) in [6.45, 7) is 20.0. The predicted octanol–water partition coefficient (Wildman–Crippen LogP) is 9.96. The van der Waals surface area contributed by atoms with E-state index in [9.17, 15) is 9.59 Å². The summed E-state index contributed by atoms with van der Waals surface area (Å²) in [6, 6.07) is 8.06. The fourth-order valence-electron chi connectivity index (χ4n) is 14.2. The first-order valence-corrected chi connectivity index (χ1v) is 17.8. The van der Waals surface area contributed by atoms with Crippen molar-refractivity contribution in [3.05, 3.63) is 54.1 Å². The molecule has 0 spiro atoms. The quantitative estimate of drug-likeness (QED) is 0.193. The van der Waals surface area contributed by atoms with E-state index in [0.29, 0.717) is 23.3 Å². The van der Waals surface area contributed by atoms with E-state index in [0.717, 1.165) is 37.0 Å². The molecule has 7 unspecified atom stereocenters. The topological polar surface area (TPSA) is 43.4 Å². The van der Waals surface area contributed by atoms with Crippen LogP contribution >= 0.6 is 0 Å². The van der Waals surface area contributed by atoms with Crippen LogP contribution in [-0.4, -0.2) is 19.4 Å². The lowest BCUT2D eigenvalue weighted by atomic mass is 9.28. The maximum atomic E-state index is 13.0. The van der Waals surface area contributed by atoms with Crippen molar-refractivity contribution in [3.63, 3.8) is 0 Å². The molecule has 6 aliphatic carbocycles. The van der Waals surface area contributed by atoms with Crippen LogP contribution in [0, 0.1) is 68.0 Å². The third-order valence-corrected chi connectivity index (χ3v) is 16.2. The van der Waals surface area contributed by atoms with E-state index in [1.54, 1.807) is 0 Å². The van der Waals surface area contributed by atoms with Crippen LogP contribution in [-0.2, 0) is 9.53 Å². The zero-order valence-corrected chi connectivity index (χ0v) is 28.5. The van der Waals surface area contributed by atoms with Gasteiger partial charge in [0.1, 0.15) is 6.29 Å². The Labute approximate surface area is 266 Å². The van der Waals surface area contributed by atoms with Gasteiger partial charge in [0.05, 0.1) is 12.7 Å². The highest BCUT2D eigenvalue weighted by atomic mass is 16.5. The first-order chi connectivity index (χ1) is 20.8. The normalized spacial score (nSPS) is 48.5. The van der Waals surface area contributed by atoms with Crippen molar-refractivity contribution < 1.29 is 14.3 Å². The van der Waals surface area contributed by atoms with E-state index in [1.807, 2.05) is 12.1 Å². The molecular formula is C41H56O3. The van der Waals surface area contributed by atoms with Gasteiger partial charge in [-0.1, -0.05) is 65.8 Å². The fraction of sp³-hybridized carbons (Fsp3) is 0.707. The smallest absolute Gasteiger partial charge is 0.337 e. The molecule has 0 heterocycles. The second-order valence-corrected chi connectivity index (χ2v) is 17.7. The number of esters is 1. The highest BCUT2D eigenvalue weighted by Crippen LogP contribution is 2.81. The molecular weight excluding hydrogens is 540 g/mol. The summed E-state index contributed by atoms with van der Waals surface area (Å²) >= 11 is 0. The van der Waals surface area contributed by atoms with Crippen LogP contribution in [0.3, 0.4) is 0 Å². The Morgan fingerprint density at radius 2 is 1.55 bits per heavy atom. The van der Waals surface area contributed by atoms with Gasteiger partial charge in [-0.15, -0.1) is 6.58 Å². The lowest BCUT2D eigenvalue weighted by Crippen LogP contribution is -2.69. The van der Waals surface area contributed by atoms with Crippen LogP contribution in [0.25, 0.3) is 5.57 Å². The standard InChI is InChI=1S/C41H56O3/c1-9-41-23-22-37(5)33(17-21-40(25-42)20-14-29(34(37)40)30-24-26(30)2)39(41,7)19-16-32-36(3,4)31(15-18-38(32,41)6)27-10-12-28(13-11-27)35(43)44-8/h9-13,15,25-26,29-30,32-34H,1,14,16-24H2,2-8H3/t26?,29-,30?,32?,33?,34?,37-,38?,39-,40?,41+/m0/s1. The number of benzene rings is 1. The Kier molecular flexibility index (Phi) is 6.71. The minimum atomic E-state index is -0.284. The van der Waals surface area contributed by atoms with Gasteiger partial charge in [-0.25, -0.2) is 4.79 Å². The van der Waals surface area contributed by atoms with Gasteiger partial charge in [-0.05, 0) is 150 Å².